The fraction of sp³-hybridized carbons (Fsp3) is 0.875. The number of nitrogens with two attached hydrogens (primary N) is 1. The van der Waals surface area contributed by atoms with Crippen molar-refractivity contribution in [1.29, 1.82) is 0 Å². The average molecular weight is 238 g/mol. The van der Waals surface area contributed by atoms with Gasteiger partial charge in [-0.2, -0.15) is 0 Å². The number of unbranched alkanes of at least 4 members (excludes halogenated alkanes) is 3. The molecule has 0 heterocycles. The minimum Gasteiger partial charge on any atom is -0.480 e. The molecule has 0 aromatic rings. The second-order valence-electron chi connectivity index (χ2n) is 2.84. The van der Waals surface area contributed by atoms with E-state index >= 15 is 0 Å². The molecule has 0 saturated heterocycles. The van der Waals surface area contributed by atoms with Crippen LogP contribution in [-0.4, -0.2) is 22.4 Å². The Labute approximate surface area is 81.5 Å². The number of aliphatic carboxylic acids is 1. The minimum absolute atomic E-state index is 0.595. The van der Waals surface area contributed by atoms with Gasteiger partial charge in [-0.15, -0.1) is 0 Å². The highest BCUT2D eigenvalue weighted by atomic mass is 79.9. The van der Waals surface area contributed by atoms with E-state index in [2.05, 4.69) is 15.9 Å². The third-order valence-corrected chi connectivity index (χ3v) is 2.28. The highest BCUT2D eigenvalue weighted by molar-refractivity contribution is 9.09. The molecule has 1 atom stereocenters. The van der Waals surface area contributed by atoms with E-state index in [9.17, 15) is 4.79 Å². The Kier molecular flexibility index (Phi) is 7.50. The largest absolute Gasteiger partial charge is 0.480 e. The summed E-state index contributed by atoms with van der Waals surface area (Å²) in [5.74, 6) is -0.893. The number of rotatable bonds is 7. The van der Waals surface area contributed by atoms with E-state index < -0.39 is 12.0 Å². The normalized spacial score (nSPS) is 12.8. The average Bonchev–Trinajstić information content (AvgIpc) is 2.03. The number of hydrogen-bond acceptors (Lipinski definition) is 2. The van der Waals surface area contributed by atoms with E-state index in [-0.39, 0.29) is 0 Å². The monoisotopic (exact) mass is 237 g/mol. The Bertz CT molecular complexity index is 130. The molecule has 0 aliphatic heterocycles. The van der Waals surface area contributed by atoms with Crippen LogP contribution in [-0.2, 0) is 4.79 Å². The van der Waals surface area contributed by atoms with Crippen LogP contribution in [0.25, 0.3) is 0 Å². The molecule has 0 aromatic carbocycles. The van der Waals surface area contributed by atoms with E-state index in [1.807, 2.05) is 0 Å². The lowest BCUT2D eigenvalue weighted by Crippen LogP contribution is -2.29. The Morgan fingerprint density at radius 2 is 1.92 bits per heavy atom. The fourth-order valence-corrected chi connectivity index (χ4v) is 1.33. The van der Waals surface area contributed by atoms with Gasteiger partial charge in [-0.05, 0) is 12.8 Å². The van der Waals surface area contributed by atoms with Crippen LogP contribution in [0.15, 0.2) is 0 Å². The van der Waals surface area contributed by atoms with Crippen molar-refractivity contribution < 1.29 is 9.90 Å². The van der Waals surface area contributed by atoms with Gasteiger partial charge in [0, 0.05) is 5.33 Å². The van der Waals surface area contributed by atoms with Crippen molar-refractivity contribution in [2.45, 2.75) is 38.1 Å². The van der Waals surface area contributed by atoms with Gasteiger partial charge < -0.3 is 10.8 Å². The van der Waals surface area contributed by atoms with Gasteiger partial charge in [0.1, 0.15) is 6.04 Å². The summed E-state index contributed by atoms with van der Waals surface area (Å²) in [6.07, 6.45) is 4.89. The number of alkyl halides is 1. The first-order valence-corrected chi connectivity index (χ1v) is 5.35. The first-order valence-electron chi connectivity index (χ1n) is 4.23. The Hall–Kier alpha value is -0.0900. The zero-order valence-electron chi connectivity index (χ0n) is 7.13. The van der Waals surface area contributed by atoms with Gasteiger partial charge in [0.2, 0.25) is 0 Å². The molecule has 0 aliphatic rings. The molecule has 0 unspecified atom stereocenters. The van der Waals surface area contributed by atoms with Crippen LogP contribution >= 0.6 is 15.9 Å². The molecule has 3 nitrogen and oxygen atoms in total. The topological polar surface area (TPSA) is 63.3 Å². The van der Waals surface area contributed by atoms with E-state index in [1.165, 1.54) is 0 Å². The lowest BCUT2D eigenvalue weighted by molar-refractivity contribution is -0.138. The Balaban J connectivity index is 3.14. The summed E-state index contributed by atoms with van der Waals surface area (Å²) >= 11 is 3.33. The van der Waals surface area contributed by atoms with Crippen LogP contribution in [0.2, 0.25) is 0 Å². The summed E-state index contributed by atoms with van der Waals surface area (Å²) in [6, 6.07) is -0.672. The van der Waals surface area contributed by atoms with Crippen LogP contribution in [0.5, 0.6) is 0 Å². The van der Waals surface area contributed by atoms with E-state index in [0.717, 1.165) is 31.0 Å². The molecule has 0 fully saturated rings. The van der Waals surface area contributed by atoms with Crippen LogP contribution in [0.1, 0.15) is 32.1 Å². The number of carboxylic acids is 1. The summed E-state index contributed by atoms with van der Waals surface area (Å²) in [5, 5.41) is 9.48. The number of carboxylic acid groups (broad SMARTS) is 1. The second-order valence-corrected chi connectivity index (χ2v) is 3.63. The van der Waals surface area contributed by atoms with E-state index in [0.29, 0.717) is 6.42 Å². The molecule has 0 rings (SSSR count). The van der Waals surface area contributed by atoms with Gasteiger partial charge >= 0.3 is 5.97 Å². The molecule has 0 radical (unpaired) electrons. The van der Waals surface area contributed by atoms with E-state index in [4.69, 9.17) is 10.8 Å². The lowest BCUT2D eigenvalue weighted by Gasteiger charge is -2.04. The van der Waals surface area contributed by atoms with Crippen molar-refractivity contribution >= 4 is 21.9 Å². The lowest BCUT2D eigenvalue weighted by atomic mass is 10.1. The van der Waals surface area contributed by atoms with Crippen LogP contribution in [0.3, 0.4) is 0 Å². The Morgan fingerprint density at radius 3 is 2.42 bits per heavy atom. The summed E-state index contributed by atoms with van der Waals surface area (Å²) in [4.78, 5) is 10.3. The highest BCUT2D eigenvalue weighted by Gasteiger charge is 2.09. The van der Waals surface area contributed by atoms with Gasteiger partial charge in [0.15, 0.2) is 0 Å². The Morgan fingerprint density at radius 1 is 1.33 bits per heavy atom. The minimum atomic E-state index is -0.893. The molecule has 4 heteroatoms. The van der Waals surface area contributed by atoms with Crippen molar-refractivity contribution in [1.82, 2.24) is 0 Å². The fourth-order valence-electron chi connectivity index (χ4n) is 0.936. The van der Waals surface area contributed by atoms with Crippen molar-refractivity contribution in [3.63, 3.8) is 0 Å². The molecular weight excluding hydrogens is 222 g/mol. The van der Waals surface area contributed by atoms with E-state index in [1.54, 1.807) is 0 Å². The van der Waals surface area contributed by atoms with Crippen molar-refractivity contribution in [2.75, 3.05) is 5.33 Å². The zero-order valence-corrected chi connectivity index (χ0v) is 8.72. The third kappa shape index (κ3) is 6.61. The molecule has 3 N–H and O–H groups in total. The molecular formula is C8H16BrNO2. The predicted molar refractivity (Wildman–Crippen MR) is 52.5 cm³/mol. The standard InChI is InChI=1S/C8H16BrNO2/c9-6-4-2-1-3-5-7(10)8(11)12/h7H,1-6,10H2,(H,11,12)/t7-/m0/s1. The molecule has 0 spiro atoms. The van der Waals surface area contributed by atoms with Gasteiger partial charge in [0.25, 0.3) is 0 Å². The van der Waals surface area contributed by atoms with Crippen LogP contribution < -0.4 is 5.73 Å². The molecule has 0 aliphatic carbocycles. The summed E-state index contributed by atoms with van der Waals surface area (Å²) in [5.41, 5.74) is 5.32. The van der Waals surface area contributed by atoms with Gasteiger partial charge in [-0.3, -0.25) is 4.79 Å². The van der Waals surface area contributed by atoms with Crippen molar-refractivity contribution in [2.24, 2.45) is 5.73 Å². The smallest absolute Gasteiger partial charge is 0.320 e. The summed E-state index contributed by atoms with van der Waals surface area (Å²) in [6.45, 7) is 0. The van der Waals surface area contributed by atoms with Gasteiger partial charge in [0.05, 0.1) is 0 Å². The molecule has 0 saturated carbocycles. The van der Waals surface area contributed by atoms with Crippen LogP contribution in [0.4, 0.5) is 0 Å². The van der Waals surface area contributed by atoms with Gasteiger partial charge in [-0.25, -0.2) is 0 Å². The highest BCUT2D eigenvalue weighted by Crippen LogP contribution is 2.05. The number of carbonyl (C=O) groups is 1. The number of halogens is 1. The molecule has 12 heavy (non-hydrogen) atoms. The summed E-state index contributed by atoms with van der Waals surface area (Å²) < 4.78 is 0. The SMILES string of the molecule is N[C@@H](CCCCCCBr)C(=O)O. The van der Waals surface area contributed by atoms with Crippen LogP contribution in [0, 0.1) is 0 Å². The molecule has 0 aromatic heterocycles. The third-order valence-electron chi connectivity index (χ3n) is 1.72. The second kappa shape index (κ2) is 7.55. The maximum absolute atomic E-state index is 10.3. The van der Waals surface area contributed by atoms with Crippen molar-refractivity contribution in [3.05, 3.63) is 0 Å². The first kappa shape index (κ1) is 11.9. The molecule has 0 amide bonds. The first-order chi connectivity index (χ1) is 5.68. The maximum Gasteiger partial charge on any atom is 0.320 e. The quantitative estimate of drug-likeness (QED) is 0.524. The summed E-state index contributed by atoms with van der Waals surface area (Å²) in [7, 11) is 0. The predicted octanol–water partition coefficient (Wildman–Crippen LogP) is 1.74. The number of hydrogen-bond donors (Lipinski definition) is 2. The van der Waals surface area contributed by atoms with Gasteiger partial charge in [-0.1, -0.05) is 35.2 Å². The maximum atomic E-state index is 10.3. The molecule has 72 valence electrons. The van der Waals surface area contributed by atoms with Crippen molar-refractivity contribution in [3.8, 4) is 0 Å². The zero-order chi connectivity index (χ0) is 9.40. The molecule has 0 bridgehead atoms.